The van der Waals surface area contributed by atoms with Crippen LogP contribution in [0.5, 0.6) is 0 Å². The van der Waals surface area contributed by atoms with Gasteiger partial charge in [-0.05, 0) is 58.0 Å². The van der Waals surface area contributed by atoms with Gasteiger partial charge in [0.1, 0.15) is 0 Å². The minimum absolute atomic E-state index is 0.00882. The van der Waals surface area contributed by atoms with Crippen molar-refractivity contribution in [3.63, 3.8) is 0 Å². The van der Waals surface area contributed by atoms with Gasteiger partial charge < -0.3 is 10.4 Å². The van der Waals surface area contributed by atoms with Gasteiger partial charge in [0.15, 0.2) is 0 Å². The zero-order chi connectivity index (χ0) is 14.4. The summed E-state index contributed by atoms with van der Waals surface area (Å²) >= 11 is 0. The van der Waals surface area contributed by atoms with Crippen LogP contribution >= 0.6 is 0 Å². The number of nitrogens with one attached hydrogen (secondary N) is 1. The molecule has 2 fully saturated rings. The first-order valence-electron chi connectivity index (χ1n) is 8.86. The summed E-state index contributed by atoms with van der Waals surface area (Å²) in [5.74, 6) is 0. The van der Waals surface area contributed by atoms with Crippen LogP contribution in [-0.2, 0) is 0 Å². The second kappa shape index (κ2) is 7.77. The molecule has 0 bridgehead atoms. The van der Waals surface area contributed by atoms with E-state index in [2.05, 4.69) is 24.1 Å². The third kappa shape index (κ3) is 3.75. The Kier molecular flexibility index (Phi) is 6.31. The molecule has 2 N–H and O–H groups in total. The Bertz CT molecular complexity index is 282. The molecule has 1 aliphatic heterocycles. The van der Waals surface area contributed by atoms with Gasteiger partial charge in [-0.2, -0.15) is 0 Å². The first-order chi connectivity index (χ1) is 9.74. The van der Waals surface area contributed by atoms with Crippen LogP contribution in [0.4, 0.5) is 0 Å². The molecule has 1 heterocycles. The van der Waals surface area contributed by atoms with Crippen molar-refractivity contribution in [1.29, 1.82) is 0 Å². The smallest absolute Gasteiger partial charge is 0.0613 e. The second-order valence-electron chi connectivity index (χ2n) is 6.94. The van der Waals surface area contributed by atoms with Gasteiger partial charge >= 0.3 is 0 Å². The molecule has 1 saturated carbocycles. The molecule has 2 rings (SSSR count). The van der Waals surface area contributed by atoms with Crippen LogP contribution < -0.4 is 5.32 Å². The molecule has 118 valence electrons. The van der Waals surface area contributed by atoms with Gasteiger partial charge in [0.05, 0.1) is 6.61 Å². The summed E-state index contributed by atoms with van der Waals surface area (Å²) < 4.78 is 0. The molecule has 20 heavy (non-hydrogen) atoms. The van der Waals surface area contributed by atoms with Crippen LogP contribution in [0.25, 0.3) is 0 Å². The maximum Gasteiger partial charge on any atom is 0.0613 e. The quantitative estimate of drug-likeness (QED) is 0.753. The lowest BCUT2D eigenvalue weighted by Crippen LogP contribution is -2.50. The number of hydrogen-bond donors (Lipinski definition) is 2. The molecule has 0 aromatic rings. The summed E-state index contributed by atoms with van der Waals surface area (Å²) in [6.45, 7) is 7.13. The summed E-state index contributed by atoms with van der Waals surface area (Å²) in [5.41, 5.74) is 0.00882. The molecule has 1 saturated heterocycles. The molecule has 0 aromatic heterocycles. The summed E-state index contributed by atoms with van der Waals surface area (Å²) in [7, 11) is 0. The highest BCUT2D eigenvalue weighted by atomic mass is 16.3. The maximum atomic E-state index is 9.85. The minimum Gasteiger partial charge on any atom is -0.394 e. The van der Waals surface area contributed by atoms with Gasteiger partial charge in [-0.15, -0.1) is 0 Å². The summed E-state index contributed by atoms with van der Waals surface area (Å²) in [6.07, 6.45) is 11.5. The number of nitrogens with zero attached hydrogens (tertiary/aromatic N) is 1. The largest absolute Gasteiger partial charge is 0.394 e. The predicted molar refractivity (Wildman–Crippen MR) is 85.0 cm³/mol. The molecule has 0 aromatic carbocycles. The standard InChI is InChI=1S/C17H34N2O/c1-3-7-15-8-5-6-12-19(15)16-9-10-17(13-16,14-20)18-11-4-2/h15-16,18,20H,3-14H2,1-2H3. The third-order valence-electron chi connectivity index (χ3n) is 5.40. The third-order valence-corrected chi connectivity index (χ3v) is 5.40. The summed E-state index contributed by atoms with van der Waals surface area (Å²) in [5, 5.41) is 13.5. The highest BCUT2D eigenvalue weighted by molar-refractivity contribution is 5.00. The van der Waals surface area contributed by atoms with Crippen molar-refractivity contribution >= 4 is 0 Å². The van der Waals surface area contributed by atoms with E-state index in [4.69, 9.17) is 0 Å². The number of aliphatic hydroxyl groups is 1. The van der Waals surface area contributed by atoms with Crippen molar-refractivity contribution in [3.8, 4) is 0 Å². The zero-order valence-corrected chi connectivity index (χ0v) is 13.5. The maximum absolute atomic E-state index is 9.85. The van der Waals surface area contributed by atoms with Crippen LogP contribution in [0.3, 0.4) is 0 Å². The average Bonchev–Trinajstić information content (AvgIpc) is 2.91. The molecular formula is C17H34N2O. The fourth-order valence-electron chi connectivity index (χ4n) is 4.28. The van der Waals surface area contributed by atoms with Crippen molar-refractivity contribution in [2.24, 2.45) is 0 Å². The lowest BCUT2D eigenvalue weighted by atomic mass is 9.94. The molecule has 0 radical (unpaired) electrons. The number of rotatable bonds is 7. The van der Waals surface area contributed by atoms with Gasteiger partial charge in [-0.1, -0.05) is 26.7 Å². The van der Waals surface area contributed by atoms with Gasteiger partial charge in [-0.25, -0.2) is 0 Å². The predicted octanol–water partition coefficient (Wildman–Crippen LogP) is 2.92. The van der Waals surface area contributed by atoms with Gasteiger partial charge in [-0.3, -0.25) is 4.90 Å². The topological polar surface area (TPSA) is 35.5 Å². The fraction of sp³-hybridized carbons (Fsp3) is 1.00. The molecule has 2 aliphatic rings. The van der Waals surface area contributed by atoms with E-state index in [1.54, 1.807) is 0 Å². The lowest BCUT2D eigenvalue weighted by Gasteiger charge is -2.41. The highest BCUT2D eigenvalue weighted by Crippen LogP contribution is 2.36. The number of piperidine rings is 1. The normalized spacial score (nSPS) is 35.5. The van der Waals surface area contributed by atoms with Crippen LogP contribution in [-0.4, -0.2) is 47.3 Å². The van der Waals surface area contributed by atoms with Crippen molar-refractivity contribution in [1.82, 2.24) is 10.2 Å². The molecule has 1 aliphatic carbocycles. The highest BCUT2D eigenvalue weighted by Gasteiger charge is 2.42. The SMILES string of the molecule is CCCNC1(CO)CCC(N2CCCCC2CCC)C1. The van der Waals surface area contributed by atoms with Crippen molar-refractivity contribution < 1.29 is 5.11 Å². The van der Waals surface area contributed by atoms with Crippen LogP contribution in [0.1, 0.15) is 71.6 Å². The van der Waals surface area contributed by atoms with Crippen molar-refractivity contribution in [2.45, 2.75) is 89.3 Å². The number of likely N-dealkylation sites (tertiary alicyclic amines) is 1. The minimum atomic E-state index is 0.00882. The summed E-state index contributed by atoms with van der Waals surface area (Å²) in [4.78, 5) is 2.79. The monoisotopic (exact) mass is 282 g/mol. The van der Waals surface area contributed by atoms with Gasteiger partial charge in [0.25, 0.3) is 0 Å². The fourth-order valence-corrected chi connectivity index (χ4v) is 4.28. The Labute approximate surface area is 125 Å². The Hall–Kier alpha value is -0.120. The van der Waals surface area contributed by atoms with E-state index < -0.39 is 0 Å². The molecule has 3 heteroatoms. The number of hydrogen-bond acceptors (Lipinski definition) is 3. The first kappa shape index (κ1) is 16.3. The zero-order valence-electron chi connectivity index (χ0n) is 13.5. The Morgan fingerprint density at radius 2 is 2.05 bits per heavy atom. The average molecular weight is 282 g/mol. The Balaban J connectivity index is 1.95. The van der Waals surface area contributed by atoms with Crippen LogP contribution in [0.2, 0.25) is 0 Å². The molecule has 3 atom stereocenters. The van der Waals surface area contributed by atoms with E-state index in [1.165, 1.54) is 45.1 Å². The molecular weight excluding hydrogens is 248 g/mol. The Morgan fingerprint density at radius 3 is 2.75 bits per heavy atom. The molecule has 3 unspecified atom stereocenters. The van der Waals surface area contributed by atoms with Crippen LogP contribution in [0, 0.1) is 0 Å². The summed E-state index contributed by atoms with van der Waals surface area (Å²) in [6, 6.07) is 1.50. The van der Waals surface area contributed by atoms with Crippen molar-refractivity contribution in [2.75, 3.05) is 19.7 Å². The van der Waals surface area contributed by atoms with E-state index >= 15 is 0 Å². The van der Waals surface area contributed by atoms with E-state index in [9.17, 15) is 5.11 Å². The molecule has 0 amide bonds. The Morgan fingerprint density at radius 1 is 1.20 bits per heavy atom. The number of aliphatic hydroxyl groups excluding tert-OH is 1. The van der Waals surface area contributed by atoms with E-state index in [-0.39, 0.29) is 5.54 Å². The first-order valence-corrected chi connectivity index (χ1v) is 8.86. The lowest BCUT2D eigenvalue weighted by molar-refractivity contribution is 0.0795. The molecule has 0 spiro atoms. The van der Waals surface area contributed by atoms with Gasteiger partial charge in [0.2, 0.25) is 0 Å². The van der Waals surface area contributed by atoms with E-state index in [0.29, 0.717) is 12.6 Å². The van der Waals surface area contributed by atoms with Crippen LogP contribution in [0.15, 0.2) is 0 Å². The van der Waals surface area contributed by atoms with Crippen molar-refractivity contribution in [3.05, 3.63) is 0 Å². The van der Waals surface area contributed by atoms with E-state index in [1.807, 2.05) is 0 Å². The molecule has 3 nitrogen and oxygen atoms in total. The second-order valence-corrected chi connectivity index (χ2v) is 6.94. The van der Waals surface area contributed by atoms with E-state index in [0.717, 1.165) is 31.8 Å². The van der Waals surface area contributed by atoms with Gasteiger partial charge in [0, 0.05) is 17.6 Å².